The molecule has 0 radical (unpaired) electrons. The third kappa shape index (κ3) is 2.96. The van der Waals surface area contributed by atoms with E-state index in [9.17, 15) is 0 Å². The van der Waals surface area contributed by atoms with Gasteiger partial charge in [-0.2, -0.15) is 0 Å². The maximum absolute atomic E-state index is 5.83. The van der Waals surface area contributed by atoms with E-state index >= 15 is 0 Å². The first-order valence-corrected chi connectivity index (χ1v) is 6.83. The minimum atomic E-state index is 0.528. The second-order valence-corrected chi connectivity index (χ2v) is 5.40. The molecule has 2 rings (SSSR count). The summed E-state index contributed by atoms with van der Waals surface area (Å²) >= 11 is 0. The highest BCUT2D eigenvalue weighted by Gasteiger charge is 2.29. The lowest BCUT2D eigenvalue weighted by atomic mass is 10.0. The van der Waals surface area contributed by atoms with E-state index in [4.69, 9.17) is 10.5 Å². The van der Waals surface area contributed by atoms with Gasteiger partial charge in [-0.25, -0.2) is 0 Å². The molecule has 3 atom stereocenters. The third-order valence-electron chi connectivity index (χ3n) is 4.32. The van der Waals surface area contributed by atoms with Gasteiger partial charge in [0.2, 0.25) is 0 Å². The lowest BCUT2D eigenvalue weighted by molar-refractivity contribution is 0.0863. The molecule has 2 fully saturated rings. The molecule has 0 aromatic heterocycles. The Morgan fingerprint density at radius 3 is 2.81 bits per heavy atom. The Morgan fingerprint density at radius 2 is 2.12 bits per heavy atom. The summed E-state index contributed by atoms with van der Waals surface area (Å²) in [6.45, 7) is 3.00. The van der Waals surface area contributed by atoms with Crippen LogP contribution < -0.4 is 5.73 Å². The van der Waals surface area contributed by atoms with Gasteiger partial charge >= 0.3 is 0 Å². The predicted octanol–water partition coefficient (Wildman–Crippen LogP) is 1.61. The molecule has 16 heavy (non-hydrogen) atoms. The summed E-state index contributed by atoms with van der Waals surface area (Å²) in [6, 6.07) is 0.728. The summed E-state index contributed by atoms with van der Waals surface area (Å²) in [7, 11) is 2.26. The minimum Gasteiger partial charge on any atom is -0.378 e. The Balaban J connectivity index is 1.71. The molecule has 0 bridgehead atoms. The van der Waals surface area contributed by atoms with Gasteiger partial charge in [0.05, 0.1) is 6.10 Å². The maximum atomic E-state index is 5.83. The molecular formula is C13H26N2O. The van der Waals surface area contributed by atoms with Crippen LogP contribution in [-0.4, -0.2) is 43.8 Å². The third-order valence-corrected chi connectivity index (χ3v) is 4.32. The zero-order valence-corrected chi connectivity index (χ0v) is 10.5. The van der Waals surface area contributed by atoms with E-state index in [1.165, 1.54) is 45.1 Å². The van der Waals surface area contributed by atoms with Gasteiger partial charge in [0.15, 0.2) is 0 Å². The molecule has 1 heterocycles. The Hall–Kier alpha value is -0.120. The number of nitrogens with two attached hydrogens (primary N) is 1. The number of rotatable bonds is 5. The zero-order chi connectivity index (χ0) is 11.4. The molecule has 2 N–H and O–H groups in total. The fraction of sp³-hybridized carbons (Fsp3) is 1.00. The van der Waals surface area contributed by atoms with Crippen LogP contribution in [0.25, 0.3) is 0 Å². The van der Waals surface area contributed by atoms with Crippen LogP contribution >= 0.6 is 0 Å². The van der Waals surface area contributed by atoms with Gasteiger partial charge in [-0.05, 0) is 51.6 Å². The fourth-order valence-corrected chi connectivity index (χ4v) is 3.26. The molecule has 1 saturated carbocycles. The molecule has 0 amide bonds. The van der Waals surface area contributed by atoms with Crippen molar-refractivity contribution >= 4 is 0 Å². The van der Waals surface area contributed by atoms with Gasteiger partial charge in [-0.15, -0.1) is 0 Å². The predicted molar refractivity (Wildman–Crippen MR) is 66.4 cm³/mol. The van der Waals surface area contributed by atoms with E-state index in [1.807, 2.05) is 0 Å². The molecule has 1 saturated heterocycles. The van der Waals surface area contributed by atoms with Crippen LogP contribution in [0.15, 0.2) is 0 Å². The Kier molecular flexibility index (Phi) is 4.62. The number of nitrogens with zero attached hydrogens (tertiary/aromatic N) is 1. The molecular weight excluding hydrogens is 200 g/mol. The molecule has 0 aromatic carbocycles. The van der Waals surface area contributed by atoms with E-state index in [1.54, 1.807) is 0 Å². The highest BCUT2D eigenvalue weighted by atomic mass is 16.5. The first-order chi connectivity index (χ1) is 7.81. The quantitative estimate of drug-likeness (QED) is 0.774. The van der Waals surface area contributed by atoms with Crippen molar-refractivity contribution in [2.75, 3.05) is 26.7 Å². The zero-order valence-electron chi connectivity index (χ0n) is 10.5. The van der Waals surface area contributed by atoms with Crippen LogP contribution in [0.3, 0.4) is 0 Å². The van der Waals surface area contributed by atoms with Crippen molar-refractivity contribution in [1.82, 2.24) is 4.90 Å². The van der Waals surface area contributed by atoms with Gasteiger partial charge in [0.25, 0.3) is 0 Å². The summed E-state index contributed by atoms with van der Waals surface area (Å²) in [5.74, 6) is 0.731. The summed E-state index contributed by atoms with van der Waals surface area (Å²) in [6.07, 6.45) is 8.26. The molecule has 0 aromatic rings. The summed E-state index contributed by atoms with van der Waals surface area (Å²) in [4.78, 5) is 2.52. The highest BCUT2D eigenvalue weighted by molar-refractivity contribution is 4.85. The first-order valence-electron chi connectivity index (χ1n) is 6.83. The largest absolute Gasteiger partial charge is 0.378 e. The number of ether oxygens (including phenoxy) is 1. The lowest BCUT2D eigenvalue weighted by Crippen LogP contribution is -2.39. The molecule has 0 spiro atoms. The van der Waals surface area contributed by atoms with Gasteiger partial charge < -0.3 is 15.4 Å². The van der Waals surface area contributed by atoms with Gasteiger partial charge in [-0.1, -0.05) is 6.42 Å². The maximum Gasteiger partial charge on any atom is 0.0588 e. The molecule has 94 valence electrons. The summed E-state index contributed by atoms with van der Waals surface area (Å²) in [5, 5.41) is 0. The van der Waals surface area contributed by atoms with Crippen molar-refractivity contribution in [3.63, 3.8) is 0 Å². The number of hydrogen-bond acceptors (Lipinski definition) is 3. The van der Waals surface area contributed by atoms with E-state index in [0.717, 1.165) is 25.1 Å². The van der Waals surface area contributed by atoms with Crippen molar-refractivity contribution in [2.24, 2.45) is 11.7 Å². The standard InChI is InChI=1S/C13H26N2O/c1-15(8-7-12-5-3-9-16-12)13-6-2-4-11(13)10-14/h11-13H,2-10,14H2,1H3. The molecule has 3 heteroatoms. The summed E-state index contributed by atoms with van der Waals surface area (Å²) < 4.78 is 5.67. The Bertz CT molecular complexity index is 204. The molecule has 1 aliphatic heterocycles. The van der Waals surface area contributed by atoms with Gasteiger partial charge in [0, 0.05) is 19.2 Å². The average molecular weight is 226 g/mol. The van der Waals surface area contributed by atoms with Crippen LogP contribution in [0.5, 0.6) is 0 Å². The van der Waals surface area contributed by atoms with E-state index in [2.05, 4.69) is 11.9 Å². The van der Waals surface area contributed by atoms with Crippen LogP contribution in [0.4, 0.5) is 0 Å². The van der Waals surface area contributed by atoms with E-state index < -0.39 is 0 Å². The average Bonchev–Trinajstić information content (AvgIpc) is 2.96. The van der Waals surface area contributed by atoms with E-state index in [0.29, 0.717) is 6.10 Å². The van der Waals surface area contributed by atoms with Gasteiger partial charge in [0.1, 0.15) is 0 Å². The van der Waals surface area contributed by atoms with Crippen LogP contribution in [0.2, 0.25) is 0 Å². The van der Waals surface area contributed by atoms with E-state index in [-0.39, 0.29) is 0 Å². The van der Waals surface area contributed by atoms with Crippen LogP contribution in [0, 0.1) is 5.92 Å². The Labute approximate surface area is 99.3 Å². The van der Waals surface area contributed by atoms with Crippen molar-refractivity contribution < 1.29 is 4.74 Å². The van der Waals surface area contributed by atoms with Gasteiger partial charge in [-0.3, -0.25) is 0 Å². The molecule has 1 aliphatic carbocycles. The molecule has 2 aliphatic rings. The topological polar surface area (TPSA) is 38.5 Å². The van der Waals surface area contributed by atoms with Crippen LogP contribution in [-0.2, 0) is 4.74 Å². The van der Waals surface area contributed by atoms with Crippen molar-refractivity contribution in [1.29, 1.82) is 0 Å². The SMILES string of the molecule is CN(CCC1CCCO1)C1CCCC1CN. The second-order valence-electron chi connectivity index (χ2n) is 5.40. The normalized spacial score (nSPS) is 35.1. The lowest BCUT2D eigenvalue weighted by Gasteiger charge is -2.29. The molecule has 3 unspecified atom stereocenters. The molecule has 3 nitrogen and oxygen atoms in total. The van der Waals surface area contributed by atoms with Crippen molar-refractivity contribution in [2.45, 2.75) is 50.7 Å². The number of hydrogen-bond donors (Lipinski definition) is 1. The highest BCUT2D eigenvalue weighted by Crippen LogP contribution is 2.29. The van der Waals surface area contributed by atoms with Crippen molar-refractivity contribution in [3.05, 3.63) is 0 Å². The monoisotopic (exact) mass is 226 g/mol. The minimum absolute atomic E-state index is 0.528. The first kappa shape index (κ1) is 12.3. The Morgan fingerprint density at radius 1 is 1.25 bits per heavy atom. The van der Waals surface area contributed by atoms with Crippen molar-refractivity contribution in [3.8, 4) is 0 Å². The smallest absolute Gasteiger partial charge is 0.0588 e. The second kappa shape index (κ2) is 5.99. The fourth-order valence-electron chi connectivity index (χ4n) is 3.26. The van der Waals surface area contributed by atoms with Crippen LogP contribution in [0.1, 0.15) is 38.5 Å². The summed E-state index contributed by atoms with van der Waals surface area (Å²) in [5.41, 5.74) is 5.83.